The van der Waals surface area contributed by atoms with Gasteiger partial charge in [-0.2, -0.15) is 0 Å². The standard InChI is InChI=1S/C21H24N6O3S/c1-3-27-19(29)17-16(24-20(27)30)6-14(31-17)8-25-9-21(10-25)11-26(12-21)13-4-5-15(23-7-13)18(28)22-2/h4-7H,3,8-12H2,1-2H3,(H,22,28)(H,24,30). The molecule has 0 aliphatic carbocycles. The number of thiophene rings is 1. The number of amides is 1. The summed E-state index contributed by atoms with van der Waals surface area (Å²) in [7, 11) is 1.60. The largest absolute Gasteiger partial charge is 0.369 e. The lowest BCUT2D eigenvalue weighted by molar-refractivity contribution is -0.0267. The molecule has 5 rings (SSSR count). The van der Waals surface area contributed by atoms with E-state index in [-0.39, 0.29) is 17.2 Å². The first kappa shape index (κ1) is 20.0. The molecule has 0 aromatic carbocycles. The van der Waals surface area contributed by atoms with Gasteiger partial charge in [0.15, 0.2) is 0 Å². The summed E-state index contributed by atoms with van der Waals surface area (Å²) in [5.41, 5.74) is 1.85. The van der Waals surface area contributed by atoms with Gasteiger partial charge in [0.05, 0.1) is 17.4 Å². The van der Waals surface area contributed by atoms with Crippen LogP contribution in [0.15, 0.2) is 34.0 Å². The van der Waals surface area contributed by atoms with Crippen LogP contribution in [0.3, 0.4) is 0 Å². The molecule has 31 heavy (non-hydrogen) atoms. The smallest absolute Gasteiger partial charge is 0.328 e. The number of hydrogen-bond acceptors (Lipinski definition) is 7. The zero-order valence-electron chi connectivity index (χ0n) is 17.5. The number of rotatable bonds is 5. The van der Waals surface area contributed by atoms with Crippen molar-refractivity contribution in [3.05, 3.63) is 55.8 Å². The molecular formula is C21H24N6O3S. The average molecular weight is 441 g/mol. The highest BCUT2D eigenvalue weighted by Gasteiger charge is 2.51. The average Bonchev–Trinajstić information content (AvgIpc) is 3.11. The number of pyridine rings is 1. The quantitative estimate of drug-likeness (QED) is 0.610. The Morgan fingerprint density at radius 1 is 1.26 bits per heavy atom. The molecule has 2 N–H and O–H groups in total. The maximum atomic E-state index is 12.5. The van der Waals surface area contributed by atoms with E-state index in [0.717, 1.165) is 43.3 Å². The molecule has 1 spiro atoms. The number of anilines is 1. The summed E-state index contributed by atoms with van der Waals surface area (Å²) >= 11 is 1.47. The number of fused-ring (bicyclic) bond motifs is 1. The molecule has 0 radical (unpaired) electrons. The normalized spacial score (nSPS) is 17.5. The van der Waals surface area contributed by atoms with E-state index >= 15 is 0 Å². The van der Waals surface area contributed by atoms with Crippen LogP contribution in [0.5, 0.6) is 0 Å². The molecule has 2 saturated heterocycles. The Kier molecular flexibility index (Phi) is 4.71. The van der Waals surface area contributed by atoms with E-state index in [4.69, 9.17) is 0 Å². The highest BCUT2D eigenvalue weighted by molar-refractivity contribution is 7.18. The molecule has 0 atom stereocenters. The number of carbonyl (C=O) groups is 1. The third-order valence-corrected chi connectivity index (χ3v) is 7.26. The van der Waals surface area contributed by atoms with Crippen LogP contribution in [-0.2, 0) is 13.1 Å². The van der Waals surface area contributed by atoms with Crippen molar-refractivity contribution in [2.45, 2.75) is 20.0 Å². The van der Waals surface area contributed by atoms with E-state index in [1.54, 1.807) is 26.2 Å². The fourth-order valence-corrected chi connectivity index (χ4v) is 5.78. The van der Waals surface area contributed by atoms with E-state index < -0.39 is 0 Å². The third-order valence-electron chi connectivity index (χ3n) is 6.15. The first-order valence-corrected chi connectivity index (χ1v) is 11.1. The number of likely N-dealkylation sites (tertiary alicyclic amines) is 1. The second-order valence-electron chi connectivity index (χ2n) is 8.42. The fourth-order valence-electron chi connectivity index (χ4n) is 4.67. The number of nitrogens with one attached hydrogen (secondary N) is 2. The molecule has 2 aliphatic rings. The van der Waals surface area contributed by atoms with Gasteiger partial charge < -0.3 is 15.2 Å². The van der Waals surface area contributed by atoms with E-state index in [1.165, 1.54) is 15.9 Å². The molecule has 3 aromatic rings. The molecule has 9 nitrogen and oxygen atoms in total. The minimum Gasteiger partial charge on any atom is -0.369 e. The van der Waals surface area contributed by atoms with Crippen LogP contribution in [0.4, 0.5) is 5.69 Å². The molecule has 0 saturated carbocycles. The monoisotopic (exact) mass is 440 g/mol. The molecule has 0 unspecified atom stereocenters. The summed E-state index contributed by atoms with van der Waals surface area (Å²) in [6.07, 6.45) is 1.76. The highest BCUT2D eigenvalue weighted by Crippen LogP contribution is 2.42. The molecule has 2 aliphatic heterocycles. The Bertz CT molecular complexity index is 1260. The maximum Gasteiger partial charge on any atom is 0.328 e. The summed E-state index contributed by atoms with van der Waals surface area (Å²) in [6.45, 7) is 6.93. The molecule has 2 fully saturated rings. The maximum absolute atomic E-state index is 12.5. The van der Waals surface area contributed by atoms with Crippen LogP contribution in [-0.4, -0.2) is 58.6 Å². The Labute approximate surface area is 182 Å². The molecule has 10 heteroatoms. The van der Waals surface area contributed by atoms with Crippen molar-refractivity contribution < 1.29 is 4.79 Å². The minimum absolute atomic E-state index is 0.180. The predicted molar refractivity (Wildman–Crippen MR) is 120 cm³/mol. The molecular weight excluding hydrogens is 416 g/mol. The van der Waals surface area contributed by atoms with Gasteiger partial charge in [0.2, 0.25) is 0 Å². The lowest BCUT2D eigenvalue weighted by Gasteiger charge is -2.61. The summed E-state index contributed by atoms with van der Waals surface area (Å²) in [5.74, 6) is -0.180. The summed E-state index contributed by atoms with van der Waals surface area (Å²) < 4.78 is 1.86. The molecule has 1 amide bonds. The van der Waals surface area contributed by atoms with Crippen molar-refractivity contribution in [2.24, 2.45) is 5.41 Å². The van der Waals surface area contributed by atoms with Crippen LogP contribution < -0.4 is 21.5 Å². The van der Waals surface area contributed by atoms with E-state index in [1.807, 2.05) is 12.1 Å². The zero-order valence-corrected chi connectivity index (χ0v) is 18.3. The van der Waals surface area contributed by atoms with Crippen molar-refractivity contribution in [1.82, 2.24) is 24.8 Å². The van der Waals surface area contributed by atoms with Crippen LogP contribution in [0.1, 0.15) is 22.3 Å². The van der Waals surface area contributed by atoms with Crippen LogP contribution in [0, 0.1) is 5.41 Å². The second-order valence-corrected chi connectivity index (χ2v) is 9.55. The van der Waals surface area contributed by atoms with Gasteiger partial charge in [-0.05, 0) is 25.1 Å². The van der Waals surface area contributed by atoms with Gasteiger partial charge in [-0.15, -0.1) is 11.3 Å². The zero-order chi connectivity index (χ0) is 21.8. The lowest BCUT2D eigenvalue weighted by Crippen LogP contribution is -2.71. The number of hydrogen-bond donors (Lipinski definition) is 2. The number of H-pyrrole nitrogens is 1. The predicted octanol–water partition coefficient (Wildman–Crippen LogP) is 0.848. The Balaban J connectivity index is 1.20. The fraction of sp³-hybridized carbons (Fsp3) is 0.429. The SMILES string of the molecule is CCn1c(=O)[nH]c2cc(CN3CC4(C3)CN(c3ccc(C(=O)NC)nc3)C4)sc2c1=O. The van der Waals surface area contributed by atoms with Gasteiger partial charge in [0.25, 0.3) is 11.5 Å². The molecule has 3 aromatic heterocycles. The second kappa shape index (κ2) is 7.31. The van der Waals surface area contributed by atoms with Crippen molar-refractivity contribution >= 4 is 33.1 Å². The van der Waals surface area contributed by atoms with Crippen molar-refractivity contribution in [2.75, 3.05) is 38.1 Å². The van der Waals surface area contributed by atoms with Crippen molar-refractivity contribution in [3.63, 3.8) is 0 Å². The number of carbonyl (C=O) groups excluding carboxylic acids is 1. The van der Waals surface area contributed by atoms with Gasteiger partial charge in [0.1, 0.15) is 10.4 Å². The van der Waals surface area contributed by atoms with Crippen LogP contribution >= 0.6 is 11.3 Å². The summed E-state index contributed by atoms with van der Waals surface area (Å²) in [4.78, 5) is 48.9. The first-order valence-electron chi connectivity index (χ1n) is 10.3. The summed E-state index contributed by atoms with van der Waals surface area (Å²) in [6, 6.07) is 5.63. The van der Waals surface area contributed by atoms with Crippen molar-refractivity contribution in [1.29, 1.82) is 0 Å². The highest BCUT2D eigenvalue weighted by atomic mass is 32.1. The number of aromatic amines is 1. The van der Waals surface area contributed by atoms with Crippen LogP contribution in [0.25, 0.3) is 10.2 Å². The summed E-state index contributed by atoms with van der Waals surface area (Å²) in [5, 5.41) is 2.58. The van der Waals surface area contributed by atoms with Gasteiger partial charge >= 0.3 is 5.69 Å². The van der Waals surface area contributed by atoms with Gasteiger partial charge in [0, 0.05) is 56.6 Å². The Morgan fingerprint density at radius 3 is 2.68 bits per heavy atom. The lowest BCUT2D eigenvalue weighted by atomic mass is 9.72. The van der Waals surface area contributed by atoms with Gasteiger partial charge in [-0.25, -0.2) is 9.78 Å². The minimum atomic E-state index is -0.348. The molecule has 0 bridgehead atoms. The Morgan fingerprint density at radius 2 is 2.03 bits per heavy atom. The van der Waals surface area contributed by atoms with E-state index in [0.29, 0.717) is 27.9 Å². The van der Waals surface area contributed by atoms with Gasteiger partial charge in [-0.3, -0.25) is 19.1 Å². The topological polar surface area (TPSA) is 103 Å². The van der Waals surface area contributed by atoms with E-state index in [2.05, 4.69) is 25.1 Å². The third kappa shape index (κ3) is 3.35. The first-order chi connectivity index (χ1) is 14.9. The number of aromatic nitrogens is 3. The molecule has 162 valence electrons. The Hall–Kier alpha value is -2.98. The van der Waals surface area contributed by atoms with Crippen LogP contribution in [0.2, 0.25) is 0 Å². The van der Waals surface area contributed by atoms with Crippen molar-refractivity contribution in [3.8, 4) is 0 Å². The number of nitrogens with zero attached hydrogens (tertiary/aromatic N) is 4. The van der Waals surface area contributed by atoms with E-state index in [9.17, 15) is 14.4 Å². The van der Waals surface area contributed by atoms with Gasteiger partial charge in [-0.1, -0.05) is 0 Å². The molecule has 5 heterocycles.